The zero-order chi connectivity index (χ0) is 10.6. The van der Waals surface area contributed by atoms with Gasteiger partial charge in [0.2, 0.25) is 0 Å². The molecule has 0 N–H and O–H groups in total. The van der Waals surface area contributed by atoms with Crippen LogP contribution in [-0.2, 0) is 19.1 Å². The van der Waals surface area contributed by atoms with Crippen LogP contribution in [0.15, 0.2) is 12.2 Å². The second-order valence-corrected chi connectivity index (χ2v) is 2.84. The molecule has 0 radical (unpaired) electrons. The van der Waals surface area contributed by atoms with Gasteiger partial charge in [-0.15, -0.1) is 0 Å². The van der Waals surface area contributed by atoms with Crippen LogP contribution in [0.1, 0.15) is 12.8 Å². The summed E-state index contributed by atoms with van der Waals surface area (Å²) in [6.07, 6.45) is 3.10. The van der Waals surface area contributed by atoms with Gasteiger partial charge in [-0.3, -0.25) is 19.3 Å². The summed E-state index contributed by atoms with van der Waals surface area (Å²) in [5.74, 6) is -0.975. The van der Waals surface area contributed by atoms with Gasteiger partial charge in [0.15, 0.2) is 0 Å². The molecular weight excluding hydrogens is 186 g/mol. The Morgan fingerprint density at radius 2 is 1.93 bits per heavy atom. The largest absolute Gasteiger partial charge is 0.469 e. The number of ether oxygens (including phenoxy) is 1. The number of imide groups is 1. The quantitative estimate of drug-likeness (QED) is 0.465. The van der Waals surface area contributed by atoms with Gasteiger partial charge in [0.05, 0.1) is 7.11 Å². The SMILES string of the molecule is COC(=O)CCCN1C(=O)C=CC1=O. The lowest BCUT2D eigenvalue weighted by Crippen LogP contribution is -2.31. The average Bonchev–Trinajstić information content (AvgIpc) is 2.48. The fourth-order valence-electron chi connectivity index (χ4n) is 1.14. The van der Waals surface area contributed by atoms with E-state index in [1.54, 1.807) is 0 Å². The summed E-state index contributed by atoms with van der Waals surface area (Å²) in [5.41, 5.74) is 0. The Morgan fingerprint density at radius 1 is 1.36 bits per heavy atom. The van der Waals surface area contributed by atoms with E-state index in [4.69, 9.17) is 0 Å². The lowest BCUT2D eigenvalue weighted by atomic mass is 10.3. The molecule has 0 aromatic heterocycles. The summed E-state index contributed by atoms with van der Waals surface area (Å²) in [5, 5.41) is 0. The molecule has 1 aliphatic rings. The van der Waals surface area contributed by atoms with Crippen LogP contribution in [0.4, 0.5) is 0 Å². The first-order chi connectivity index (χ1) is 6.65. The zero-order valence-electron chi connectivity index (χ0n) is 7.86. The molecule has 0 aromatic carbocycles. The Balaban J connectivity index is 2.29. The normalized spacial score (nSPS) is 15.1. The van der Waals surface area contributed by atoms with Crippen LogP contribution in [0.3, 0.4) is 0 Å². The molecule has 14 heavy (non-hydrogen) atoms. The van der Waals surface area contributed by atoms with Crippen LogP contribution in [0.2, 0.25) is 0 Å². The van der Waals surface area contributed by atoms with Crippen molar-refractivity contribution in [1.29, 1.82) is 0 Å². The molecule has 1 rings (SSSR count). The number of amides is 2. The average molecular weight is 197 g/mol. The molecule has 0 aromatic rings. The van der Waals surface area contributed by atoms with Crippen molar-refractivity contribution in [2.75, 3.05) is 13.7 Å². The standard InChI is InChI=1S/C9H11NO4/c1-14-9(13)3-2-6-10-7(11)4-5-8(10)12/h4-5H,2-3,6H2,1H3. The Hall–Kier alpha value is -1.65. The molecule has 5 heteroatoms. The summed E-state index contributed by atoms with van der Waals surface area (Å²) in [6.45, 7) is 0.264. The van der Waals surface area contributed by atoms with Gasteiger partial charge in [0.25, 0.3) is 11.8 Å². The summed E-state index contributed by atoms with van der Waals surface area (Å²) in [7, 11) is 1.30. The van der Waals surface area contributed by atoms with E-state index in [1.807, 2.05) is 0 Å². The first-order valence-corrected chi connectivity index (χ1v) is 4.25. The third-order valence-corrected chi connectivity index (χ3v) is 1.89. The lowest BCUT2D eigenvalue weighted by Gasteiger charge is -2.12. The van der Waals surface area contributed by atoms with Gasteiger partial charge >= 0.3 is 5.97 Å². The summed E-state index contributed by atoms with van der Waals surface area (Å²) >= 11 is 0. The van der Waals surface area contributed by atoms with Gasteiger partial charge in [0.1, 0.15) is 0 Å². The fraction of sp³-hybridized carbons (Fsp3) is 0.444. The Labute approximate surface area is 81.3 Å². The number of methoxy groups -OCH3 is 1. The molecule has 0 atom stereocenters. The molecular formula is C9H11NO4. The Morgan fingerprint density at radius 3 is 2.43 bits per heavy atom. The predicted octanol–water partition coefficient (Wildman–Crippen LogP) is -0.135. The summed E-state index contributed by atoms with van der Waals surface area (Å²) in [6, 6.07) is 0. The third kappa shape index (κ3) is 2.42. The lowest BCUT2D eigenvalue weighted by molar-refractivity contribution is -0.142. The summed E-state index contributed by atoms with van der Waals surface area (Å²) < 4.78 is 4.43. The molecule has 0 saturated carbocycles. The molecule has 0 unspecified atom stereocenters. The molecule has 0 fully saturated rings. The number of rotatable bonds is 4. The highest BCUT2D eigenvalue weighted by Gasteiger charge is 2.22. The van der Waals surface area contributed by atoms with E-state index in [0.29, 0.717) is 6.42 Å². The Kier molecular flexibility index (Phi) is 3.39. The van der Waals surface area contributed by atoms with E-state index in [1.165, 1.54) is 19.3 Å². The van der Waals surface area contributed by atoms with E-state index in [0.717, 1.165) is 4.90 Å². The molecule has 2 amide bonds. The molecule has 0 spiro atoms. The molecule has 76 valence electrons. The highest BCUT2D eigenvalue weighted by atomic mass is 16.5. The molecule has 0 bridgehead atoms. The number of carbonyl (C=O) groups is 3. The van der Waals surface area contributed by atoms with Crippen LogP contribution in [-0.4, -0.2) is 36.3 Å². The molecule has 5 nitrogen and oxygen atoms in total. The number of hydrogen-bond acceptors (Lipinski definition) is 4. The van der Waals surface area contributed by atoms with Crippen LogP contribution >= 0.6 is 0 Å². The van der Waals surface area contributed by atoms with Crippen molar-refractivity contribution in [1.82, 2.24) is 4.90 Å². The van der Waals surface area contributed by atoms with Crippen molar-refractivity contribution < 1.29 is 19.1 Å². The maximum Gasteiger partial charge on any atom is 0.305 e. The van der Waals surface area contributed by atoms with Gasteiger partial charge in [0, 0.05) is 25.1 Å². The van der Waals surface area contributed by atoms with Crippen LogP contribution in [0.25, 0.3) is 0 Å². The second-order valence-electron chi connectivity index (χ2n) is 2.84. The van der Waals surface area contributed by atoms with Crippen LogP contribution in [0.5, 0.6) is 0 Å². The number of nitrogens with zero attached hydrogens (tertiary/aromatic N) is 1. The van der Waals surface area contributed by atoms with Gasteiger partial charge in [-0.2, -0.15) is 0 Å². The second kappa shape index (κ2) is 4.55. The van der Waals surface area contributed by atoms with Crippen molar-refractivity contribution in [2.24, 2.45) is 0 Å². The maximum atomic E-state index is 11.0. The van der Waals surface area contributed by atoms with E-state index in [9.17, 15) is 14.4 Å². The van der Waals surface area contributed by atoms with E-state index < -0.39 is 0 Å². The van der Waals surface area contributed by atoms with Gasteiger partial charge in [-0.05, 0) is 6.42 Å². The van der Waals surface area contributed by atoms with Gasteiger partial charge in [-0.25, -0.2) is 0 Å². The van der Waals surface area contributed by atoms with E-state index in [-0.39, 0.29) is 30.7 Å². The monoisotopic (exact) mass is 197 g/mol. The van der Waals surface area contributed by atoms with Crippen molar-refractivity contribution in [3.05, 3.63) is 12.2 Å². The van der Waals surface area contributed by atoms with Crippen molar-refractivity contribution >= 4 is 17.8 Å². The smallest absolute Gasteiger partial charge is 0.305 e. The fourth-order valence-corrected chi connectivity index (χ4v) is 1.14. The first kappa shape index (κ1) is 10.4. The highest BCUT2D eigenvalue weighted by Crippen LogP contribution is 2.05. The molecule has 0 aliphatic carbocycles. The van der Waals surface area contributed by atoms with Crippen molar-refractivity contribution in [2.45, 2.75) is 12.8 Å². The summed E-state index contributed by atoms with van der Waals surface area (Å²) in [4.78, 5) is 33.9. The number of carbonyl (C=O) groups excluding carboxylic acids is 3. The third-order valence-electron chi connectivity index (χ3n) is 1.89. The first-order valence-electron chi connectivity index (χ1n) is 4.25. The topological polar surface area (TPSA) is 63.7 Å². The predicted molar refractivity (Wildman–Crippen MR) is 47.1 cm³/mol. The van der Waals surface area contributed by atoms with E-state index in [2.05, 4.69) is 4.74 Å². The number of hydrogen-bond donors (Lipinski definition) is 0. The highest BCUT2D eigenvalue weighted by molar-refractivity contribution is 6.12. The van der Waals surface area contributed by atoms with Crippen molar-refractivity contribution in [3.8, 4) is 0 Å². The van der Waals surface area contributed by atoms with Gasteiger partial charge < -0.3 is 4.74 Å². The Bertz CT molecular complexity index is 277. The molecule has 0 saturated heterocycles. The maximum absolute atomic E-state index is 11.0. The zero-order valence-corrected chi connectivity index (χ0v) is 7.86. The minimum Gasteiger partial charge on any atom is -0.469 e. The van der Waals surface area contributed by atoms with Crippen molar-refractivity contribution in [3.63, 3.8) is 0 Å². The minimum absolute atomic E-state index is 0.216. The van der Waals surface area contributed by atoms with Crippen LogP contribution < -0.4 is 0 Å². The molecule has 1 heterocycles. The van der Waals surface area contributed by atoms with Gasteiger partial charge in [-0.1, -0.05) is 0 Å². The van der Waals surface area contributed by atoms with Crippen LogP contribution in [0, 0.1) is 0 Å². The van der Waals surface area contributed by atoms with E-state index >= 15 is 0 Å². The number of esters is 1. The molecule has 1 aliphatic heterocycles. The minimum atomic E-state index is -0.336.